The molecule has 1 aromatic carbocycles. The molecule has 1 aromatic rings. The summed E-state index contributed by atoms with van der Waals surface area (Å²) in [5, 5.41) is 10.6. The lowest BCUT2D eigenvalue weighted by Crippen LogP contribution is -2.53. The van der Waals surface area contributed by atoms with Crippen LogP contribution in [0.15, 0.2) is 24.3 Å². The van der Waals surface area contributed by atoms with E-state index in [1.54, 1.807) is 0 Å². The average Bonchev–Trinajstić information content (AvgIpc) is 2.67. The Morgan fingerprint density at radius 1 is 1.32 bits per heavy atom. The molecule has 2 heterocycles. The monoisotopic (exact) mass is 386 g/mol. The van der Waals surface area contributed by atoms with Crippen LogP contribution in [0.5, 0.6) is 0 Å². The second-order valence-corrected chi connectivity index (χ2v) is 9.83. The van der Waals surface area contributed by atoms with Gasteiger partial charge in [0.05, 0.1) is 0 Å². The molecule has 3 heteroatoms. The molecule has 28 heavy (non-hydrogen) atoms. The van der Waals surface area contributed by atoms with Crippen molar-refractivity contribution in [3.05, 3.63) is 46.5 Å². The van der Waals surface area contributed by atoms with Gasteiger partial charge in [-0.1, -0.05) is 32.6 Å². The highest BCUT2D eigenvalue weighted by Crippen LogP contribution is 2.52. The standard InChI is InChI=1S/C25H38FNO/c1-17(2)10-22-15-27-9-7-21-11-19(4)20(5)12-23(21)24(27)13-25(22,16-28)8-6-18(3)14-26/h11-12,17,22,24,28H,3,6-10,13-16H2,1-2,4-5H3/t22-,24-,25+/m0/s1/i26-1. The van der Waals surface area contributed by atoms with Crippen molar-refractivity contribution in [2.24, 2.45) is 17.3 Å². The number of aryl methyl sites for hydroxylation is 2. The zero-order valence-electron chi connectivity index (χ0n) is 18.2. The van der Waals surface area contributed by atoms with Crippen molar-refractivity contribution >= 4 is 0 Å². The molecular weight excluding hydrogens is 348 g/mol. The van der Waals surface area contributed by atoms with E-state index in [-0.39, 0.29) is 12.0 Å². The predicted octanol–water partition coefficient (Wildman–Crippen LogP) is 5.55. The summed E-state index contributed by atoms with van der Waals surface area (Å²) >= 11 is 0. The van der Waals surface area contributed by atoms with Crippen molar-refractivity contribution < 1.29 is 9.50 Å². The lowest BCUT2D eigenvalue weighted by Gasteiger charge is -2.54. The van der Waals surface area contributed by atoms with E-state index in [4.69, 9.17) is 0 Å². The first-order valence-corrected chi connectivity index (χ1v) is 11.0. The quantitative estimate of drug-likeness (QED) is 0.621. The van der Waals surface area contributed by atoms with Crippen molar-refractivity contribution in [1.29, 1.82) is 0 Å². The second kappa shape index (κ2) is 8.67. The number of fused-ring (bicyclic) bond motifs is 3. The van der Waals surface area contributed by atoms with Crippen LogP contribution in [0.3, 0.4) is 0 Å². The smallest absolute Gasteiger partial charge is 0.110 e. The first-order valence-electron chi connectivity index (χ1n) is 11.0. The number of hydrogen-bond acceptors (Lipinski definition) is 2. The maximum absolute atomic E-state index is 13.1. The molecule has 3 rings (SSSR count). The summed E-state index contributed by atoms with van der Waals surface area (Å²) in [6, 6.07) is 5.12. The third-order valence-electron chi connectivity index (χ3n) is 7.38. The minimum Gasteiger partial charge on any atom is -0.396 e. The highest BCUT2D eigenvalue weighted by Gasteiger charge is 2.47. The number of halogens is 1. The van der Waals surface area contributed by atoms with Crippen LogP contribution in [0.1, 0.15) is 67.8 Å². The lowest BCUT2D eigenvalue weighted by molar-refractivity contribution is -0.0600. The van der Waals surface area contributed by atoms with Crippen LogP contribution in [-0.2, 0) is 6.42 Å². The molecule has 0 aliphatic carbocycles. The largest absolute Gasteiger partial charge is 0.396 e. The molecule has 1 saturated heterocycles. The Morgan fingerprint density at radius 3 is 2.68 bits per heavy atom. The Bertz CT molecular complexity index is 713. The molecule has 3 atom stereocenters. The Balaban J connectivity index is 1.94. The highest BCUT2D eigenvalue weighted by atomic mass is 18.2. The van der Waals surface area contributed by atoms with Gasteiger partial charge in [0.2, 0.25) is 0 Å². The number of aliphatic hydroxyl groups excluding tert-OH is 1. The first-order chi connectivity index (χ1) is 13.3. The maximum atomic E-state index is 13.1. The van der Waals surface area contributed by atoms with Crippen molar-refractivity contribution in [3.8, 4) is 0 Å². The van der Waals surface area contributed by atoms with E-state index < -0.39 is 6.67 Å². The van der Waals surface area contributed by atoms with E-state index >= 15 is 0 Å². The van der Waals surface area contributed by atoms with Crippen LogP contribution < -0.4 is 0 Å². The minimum absolute atomic E-state index is 0.142. The summed E-state index contributed by atoms with van der Waals surface area (Å²) in [5.74, 6) is 1.05. The van der Waals surface area contributed by atoms with Gasteiger partial charge in [-0.25, -0.2) is 4.39 Å². The first kappa shape index (κ1) is 21.5. The van der Waals surface area contributed by atoms with Gasteiger partial charge in [0, 0.05) is 25.7 Å². The van der Waals surface area contributed by atoms with Crippen LogP contribution in [0, 0.1) is 31.1 Å². The normalized spacial score (nSPS) is 27.5. The molecule has 2 nitrogen and oxygen atoms in total. The van der Waals surface area contributed by atoms with Gasteiger partial charge in [-0.2, -0.15) is 0 Å². The van der Waals surface area contributed by atoms with Crippen LogP contribution in [0.4, 0.5) is 4.39 Å². The van der Waals surface area contributed by atoms with E-state index in [1.807, 2.05) is 0 Å². The molecule has 156 valence electrons. The third-order valence-corrected chi connectivity index (χ3v) is 7.38. The summed E-state index contributed by atoms with van der Waals surface area (Å²) in [6.45, 7) is 14.7. The summed E-state index contributed by atoms with van der Waals surface area (Å²) in [6.07, 6.45) is 4.72. The number of hydrogen-bond donors (Lipinski definition) is 1. The van der Waals surface area contributed by atoms with Gasteiger partial charge < -0.3 is 5.11 Å². The Kier molecular flexibility index (Phi) is 6.66. The molecule has 0 bridgehead atoms. The molecule has 0 amide bonds. The molecule has 1 N–H and O–H groups in total. The number of benzene rings is 1. The molecule has 0 unspecified atom stereocenters. The lowest BCUT2D eigenvalue weighted by atomic mass is 9.61. The fraction of sp³-hybridized carbons (Fsp3) is 0.680. The molecule has 0 radical (unpaired) electrons. The molecule has 0 aromatic heterocycles. The summed E-state index contributed by atoms with van der Waals surface area (Å²) in [7, 11) is 0. The van der Waals surface area contributed by atoms with Gasteiger partial charge in [0.25, 0.3) is 0 Å². The molecular formula is C25H38FNO. The Morgan fingerprint density at radius 2 is 2.04 bits per heavy atom. The van der Waals surface area contributed by atoms with E-state index in [2.05, 4.69) is 51.3 Å². The fourth-order valence-electron chi connectivity index (χ4n) is 5.49. The van der Waals surface area contributed by atoms with Crippen LogP contribution in [0.2, 0.25) is 0 Å². The van der Waals surface area contributed by atoms with Crippen molar-refractivity contribution in [3.63, 3.8) is 0 Å². The van der Waals surface area contributed by atoms with Gasteiger partial charge in [0.15, 0.2) is 0 Å². The molecule has 0 saturated carbocycles. The maximum Gasteiger partial charge on any atom is 0.110 e. The zero-order chi connectivity index (χ0) is 20.5. The number of aliphatic hydroxyl groups is 1. The van der Waals surface area contributed by atoms with Crippen LogP contribution >= 0.6 is 0 Å². The Labute approximate surface area is 170 Å². The van der Waals surface area contributed by atoms with Crippen molar-refractivity contribution in [2.45, 2.75) is 65.8 Å². The Hall–Kier alpha value is -1.19. The van der Waals surface area contributed by atoms with E-state index in [0.29, 0.717) is 29.9 Å². The SMILES string of the molecule is C=C(C[18F])CC[C@]1(CO)C[C@H]2c3cc(C)c(C)cc3CCN2C[C@@H]1CC(C)C. The van der Waals surface area contributed by atoms with E-state index in [1.165, 1.54) is 22.3 Å². The number of alkyl halides is 1. The van der Waals surface area contributed by atoms with Crippen molar-refractivity contribution in [2.75, 3.05) is 26.4 Å². The molecule has 2 aliphatic rings. The number of nitrogens with zero attached hydrogens (tertiary/aromatic N) is 1. The molecule has 1 fully saturated rings. The van der Waals surface area contributed by atoms with Crippen LogP contribution in [-0.4, -0.2) is 36.4 Å². The highest BCUT2D eigenvalue weighted by molar-refractivity contribution is 5.41. The van der Waals surface area contributed by atoms with Gasteiger partial charge >= 0.3 is 0 Å². The van der Waals surface area contributed by atoms with E-state index in [0.717, 1.165) is 38.8 Å². The van der Waals surface area contributed by atoms with Gasteiger partial charge in [-0.15, -0.1) is 0 Å². The fourth-order valence-corrected chi connectivity index (χ4v) is 5.49. The average molecular weight is 387 g/mol. The number of allylic oxidation sites excluding steroid dienone is 1. The summed E-state index contributed by atoms with van der Waals surface area (Å²) in [5.41, 5.74) is 6.18. The van der Waals surface area contributed by atoms with E-state index in [9.17, 15) is 9.50 Å². The second-order valence-electron chi connectivity index (χ2n) is 9.83. The number of piperidine rings is 1. The van der Waals surface area contributed by atoms with Crippen molar-refractivity contribution in [1.82, 2.24) is 4.90 Å². The van der Waals surface area contributed by atoms with Gasteiger partial charge in [-0.3, -0.25) is 4.90 Å². The predicted molar refractivity (Wildman–Crippen MR) is 115 cm³/mol. The third kappa shape index (κ3) is 4.21. The summed E-state index contributed by atoms with van der Waals surface area (Å²) < 4.78 is 13.1. The molecule has 0 spiro atoms. The van der Waals surface area contributed by atoms with Gasteiger partial charge in [0.1, 0.15) is 6.67 Å². The summed E-state index contributed by atoms with van der Waals surface area (Å²) in [4.78, 5) is 2.65. The van der Waals surface area contributed by atoms with Gasteiger partial charge in [-0.05, 0) is 91.0 Å². The minimum atomic E-state index is -0.451. The number of rotatable bonds is 7. The molecule has 2 aliphatic heterocycles. The zero-order valence-corrected chi connectivity index (χ0v) is 18.2. The van der Waals surface area contributed by atoms with Crippen LogP contribution in [0.25, 0.3) is 0 Å². The topological polar surface area (TPSA) is 23.5 Å².